The van der Waals surface area contributed by atoms with E-state index in [0.717, 1.165) is 12.5 Å². The first kappa shape index (κ1) is 19.8. The van der Waals surface area contributed by atoms with Crippen LogP contribution in [0.15, 0.2) is 76.7 Å². The number of sulfonamides is 1. The number of hydrogen-bond donors (Lipinski definition) is 1. The highest BCUT2D eigenvalue weighted by molar-refractivity contribution is 7.98. The lowest BCUT2D eigenvalue weighted by Crippen LogP contribution is -2.36. The zero-order valence-corrected chi connectivity index (χ0v) is 16.7. The molecule has 3 rings (SSSR count). The maximum Gasteiger partial charge on any atom is 0.272 e. The molecule has 144 valence electrons. The molecule has 0 fully saturated rings. The number of anilines is 2. The first-order chi connectivity index (χ1) is 13.4. The van der Waals surface area contributed by atoms with Crippen LogP contribution in [-0.4, -0.2) is 24.5 Å². The van der Waals surface area contributed by atoms with Crippen molar-refractivity contribution in [1.82, 2.24) is 10.2 Å². The number of benzene rings is 2. The molecule has 0 aliphatic rings. The largest absolute Gasteiger partial charge is 0.399 e. The second kappa shape index (κ2) is 8.41. The average Bonchev–Trinajstić information content (AvgIpc) is 2.68. The summed E-state index contributed by atoms with van der Waals surface area (Å²) in [5.74, 6) is -0.0427. The molecule has 1 aromatic heterocycles. The van der Waals surface area contributed by atoms with Crippen LogP contribution in [-0.2, 0) is 20.6 Å². The van der Waals surface area contributed by atoms with Gasteiger partial charge in [-0.3, -0.25) is 4.79 Å². The van der Waals surface area contributed by atoms with Crippen LogP contribution in [0.5, 0.6) is 0 Å². The van der Waals surface area contributed by atoms with Gasteiger partial charge in [-0.1, -0.05) is 42.1 Å². The molecule has 28 heavy (non-hydrogen) atoms. The van der Waals surface area contributed by atoms with Crippen molar-refractivity contribution in [2.45, 2.75) is 22.6 Å². The van der Waals surface area contributed by atoms with Crippen molar-refractivity contribution in [2.75, 3.05) is 10.0 Å². The Balaban J connectivity index is 1.82. The zero-order valence-electron chi connectivity index (χ0n) is 15.0. The first-order valence-electron chi connectivity index (χ1n) is 8.30. The summed E-state index contributed by atoms with van der Waals surface area (Å²) in [5, 5.41) is 8.63. The SMILES string of the molecule is CC(=O)N(c1ccc(SCc2ccccc2)nn1)S(=O)(=O)c1ccc(N)cc1. The summed E-state index contributed by atoms with van der Waals surface area (Å²) in [6, 6.07) is 18.6. The van der Waals surface area contributed by atoms with Crippen molar-refractivity contribution >= 4 is 39.2 Å². The number of carbonyl (C=O) groups is 1. The molecule has 0 saturated heterocycles. The maximum absolute atomic E-state index is 12.9. The van der Waals surface area contributed by atoms with Crippen LogP contribution in [0.2, 0.25) is 0 Å². The van der Waals surface area contributed by atoms with Crippen LogP contribution in [0.4, 0.5) is 11.5 Å². The summed E-state index contributed by atoms with van der Waals surface area (Å²) in [7, 11) is -4.12. The molecule has 0 aliphatic carbocycles. The molecular weight excluding hydrogens is 396 g/mol. The Morgan fingerprint density at radius 1 is 1.00 bits per heavy atom. The normalized spacial score (nSPS) is 11.2. The van der Waals surface area contributed by atoms with Crippen LogP contribution >= 0.6 is 11.8 Å². The molecule has 7 nitrogen and oxygen atoms in total. The van der Waals surface area contributed by atoms with Crippen molar-refractivity contribution in [3.8, 4) is 0 Å². The van der Waals surface area contributed by atoms with Crippen molar-refractivity contribution in [1.29, 1.82) is 0 Å². The summed E-state index contributed by atoms with van der Waals surface area (Å²) < 4.78 is 26.4. The smallest absolute Gasteiger partial charge is 0.272 e. The van der Waals surface area contributed by atoms with Crippen LogP contribution in [0.25, 0.3) is 0 Å². The minimum absolute atomic E-state index is 0.0544. The van der Waals surface area contributed by atoms with Crippen molar-refractivity contribution < 1.29 is 13.2 Å². The molecule has 0 bridgehead atoms. The highest BCUT2D eigenvalue weighted by Gasteiger charge is 2.30. The van der Waals surface area contributed by atoms with Gasteiger partial charge in [0.1, 0.15) is 5.03 Å². The summed E-state index contributed by atoms with van der Waals surface area (Å²) in [5.41, 5.74) is 7.16. The van der Waals surface area contributed by atoms with Crippen LogP contribution < -0.4 is 10.0 Å². The summed E-state index contributed by atoms with van der Waals surface area (Å²) in [6.07, 6.45) is 0. The Kier molecular flexibility index (Phi) is 5.96. The molecule has 0 aliphatic heterocycles. The number of nitrogens with zero attached hydrogens (tertiary/aromatic N) is 3. The minimum atomic E-state index is -4.12. The van der Waals surface area contributed by atoms with Gasteiger partial charge >= 0.3 is 0 Å². The molecule has 3 aromatic rings. The van der Waals surface area contributed by atoms with Gasteiger partial charge in [-0.15, -0.1) is 10.2 Å². The zero-order chi connectivity index (χ0) is 20.1. The molecule has 1 amide bonds. The van der Waals surface area contributed by atoms with E-state index in [2.05, 4.69) is 10.2 Å². The first-order valence-corrected chi connectivity index (χ1v) is 10.7. The Morgan fingerprint density at radius 2 is 1.68 bits per heavy atom. The average molecular weight is 415 g/mol. The summed E-state index contributed by atoms with van der Waals surface area (Å²) >= 11 is 1.47. The number of carbonyl (C=O) groups excluding carboxylic acids is 1. The van der Waals surface area contributed by atoms with Gasteiger partial charge in [0, 0.05) is 18.4 Å². The number of nitrogen functional groups attached to an aromatic ring is 1. The van der Waals surface area contributed by atoms with E-state index in [4.69, 9.17) is 5.73 Å². The molecule has 9 heteroatoms. The molecular formula is C19H18N4O3S2. The fourth-order valence-electron chi connectivity index (χ4n) is 2.43. The summed E-state index contributed by atoms with van der Waals surface area (Å²) in [6.45, 7) is 1.16. The third-order valence-corrected chi connectivity index (χ3v) is 6.55. The number of nitrogens with two attached hydrogens (primary N) is 1. The Bertz CT molecular complexity index is 1050. The fourth-order valence-corrected chi connectivity index (χ4v) is 4.57. The van der Waals surface area contributed by atoms with E-state index in [9.17, 15) is 13.2 Å². The summed E-state index contributed by atoms with van der Waals surface area (Å²) in [4.78, 5) is 12.0. The predicted octanol–water partition coefficient (Wildman–Crippen LogP) is 3.09. The Morgan fingerprint density at radius 3 is 2.25 bits per heavy atom. The van der Waals surface area contributed by atoms with E-state index in [1.807, 2.05) is 30.3 Å². The van der Waals surface area contributed by atoms with E-state index in [1.54, 1.807) is 6.07 Å². The van der Waals surface area contributed by atoms with E-state index >= 15 is 0 Å². The standard InChI is InChI=1S/C19H18N4O3S2/c1-14(24)23(28(25,26)17-9-7-16(20)8-10-17)18-11-12-19(22-21-18)27-13-15-5-3-2-4-6-15/h2-12H,13,20H2,1H3. The predicted molar refractivity (Wildman–Crippen MR) is 109 cm³/mol. The second-order valence-corrected chi connectivity index (χ2v) is 8.64. The highest BCUT2D eigenvalue weighted by atomic mass is 32.2. The molecule has 2 N–H and O–H groups in total. The van der Waals surface area contributed by atoms with Gasteiger partial charge in [-0.25, -0.2) is 8.42 Å². The molecule has 1 heterocycles. The van der Waals surface area contributed by atoms with Gasteiger partial charge in [-0.05, 0) is 42.0 Å². The molecule has 0 radical (unpaired) electrons. The van der Waals surface area contributed by atoms with E-state index in [1.165, 1.54) is 42.1 Å². The molecule has 2 aromatic carbocycles. The van der Waals surface area contributed by atoms with Gasteiger partial charge < -0.3 is 5.73 Å². The number of amides is 1. The van der Waals surface area contributed by atoms with Gasteiger partial charge in [-0.2, -0.15) is 4.31 Å². The third-order valence-electron chi connectivity index (χ3n) is 3.77. The monoisotopic (exact) mass is 414 g/mol. The number of aromatic nitrogens is 2. The second-order valence-electron chi connectivity index (χ2n) is 5.86. The van der Waals surface area contributed by atoms with Crippen molar-refractivity contribution in [3.63, 3.8) is 0 Å². The number of thioether (sulfide) groups is 1. The Labute approximate surface area is 167 Å². The lowest BCUT2D eigenvalue weighted by atomic mass is 10.2. The van der Waals surface area contributed by atoms with Gasteiger partial charge in [0.2, 0.25) is 5.91 Å². The fraction of sp³-hybridized carbons (Fsp3) is 0.105. The number of rotatable bonds is 6. The van der Waals surface area contributed by atoms with Crippen LogP contribution in [0, 0.1) is 0 Å². The Hall–Kier alpha value is -2.91. The van der Waals surface area contributed by atoms with Crippen molar-refractivity contribution in [2.24, 2.45) is 0 Å². The van der Waals surface area contributed by atoms with Gasteiger partial charge in [0.05, 0.1) is 4.90 Å². The van der Waals surface area contributed by atoms with E-state index in [0.29, 0.717) is 20.8 Å². The van der Waals surface area contributed by atoms with Crippen molar-refractivity contribution in [3.05, 3.63) is 72.3 Å². The van der Waals surface area contributed by atoms with E-state index < -0.39 is 15.9 Å². The molecule has 0 saturated carbocycles. The quantitative estimate of drug-likeness (QED) is 0.488. The van der Waals surface area contributed by atoms with Crippen LogP contribution in [0.3, 0.4) is 0 Å². The third kappa shape index (κ3) is 4.49. The van der Waals surface area contributed by atoms with Crippen LogP contribution in [0.1, 0.15) is 12.5 Å². The number of hydrogen-bond acceptors (Lipinski definition) is 7. The molecule has 0 unspecified atom stereocenters. The van der Waals surface area contributed by atoms with Gasteiger partial charge in [0.25, 0.3) is 10.0 Å². The molecule has 0 atom stereocenters. The highest BCUT2D eigenvalue weighted by Crippen LogP contribution is 2.25. The van der Waals surface area contributed by atoms with Gasteiger partial charge in [0.15, 0.2) is 5.82 Å². The topological polar surface area (TPSA) is 106 Å². The van der Waals surface area contributed by atoms with E-state index in [-0.39, 0.29) is 10.7 Å². The lowest BCUT2D eigenvalue weighted by molar-refractivity contribution is -0.115. The lowest BCUT2D eigenvalue weighted by Gasteiger charge is -2.19. The maximum atomic E-state index is 12.9. The molecule has 0 spiro atoms. The minimum Gasteiger partial charge on any atom is -0.399 e.